The molecule has 1 rings (SSSR count). The van der Waals surface area contributed by atoms with Gasteiger partial charge in [-0.05, 0) is 6.92 Å². The Morgan fingerprint density at radius 3 is 2.47 bits per heavy atom. The van der Waals surface area contributed by atoms with Gasteiger partial charge in [-0.3, -0.25) is 4.79 Å². The quantitative estimate of drug-likeness (QED) is 0.745. The number of hydrogen-bond acceptors (Lipinski definition) is 4. The van der Waals surface area contributed by atoms with E-state index in [4.69, 9.17) is 5.73 Å². The van der Waals surface area contributed by atoms with Crippen LogP contribution in [0.5, 0.6) is 0 Å². The highest BCUT2D eigenvalue weighted by Crippen LogP contribution is 2.19. The van der Waals surface area contributed by atoms with E-state index >= 15 is 0 Å². The minimum Gasteiger partial charge on any atom is -0.325 e. The molecule has 0 unspecified atom stereocenters. The van der Waals surface area contributed by atoms with Gasteiger partial charge in [-0.1, -0.05) is 20.8 Å². The summed E-state index contributed by atoms with van der Waals surface area (Å²) in [5.41, 5.74) is 6.58. The second-order valence-corrected chi connectivity index (χ2v) is 4.56. The summed E-state index contributed by atoms with van der Waals surface area (Å²) < 4.78 is 0. The van der Waals surface area contributed by atoms with Gasteiger partial charge in [-0.15, -0.1) is 0 Å². The summed E-state index contributed by atoms with van der Waals surface area (Å²) in [5.74, 6) is 0.670. The highest BCUT2D eigenvalue weighted by atomic mass is 16.1. The first-order valence-electron chi connectivity index (χ1n) is 4.93. The molecule has 1 aromatic rings. The number of carbonyl (C=O) groups excluding carboxylic acids is 1. The van der Waals surface area contributed by atoms with Crippen LogP contribution in [0.3, 0.4) is 0 Å². The van der Waals surface area contributed by atoms with Gasteiger partial charge < -0.3 is 5.73 Å². The van der Waals surface area contributed by atoms with E-state index in [1.165, 1.54) is 6.92 Å². The third kappa shape index (κ3) is 2.59. The number of hydrogen-bond donors (Lipinski definition) is 1. The van der Waals surface area contributed by atoms with Crippen molar-refractivity contribution in [2.45, 2.75) is 39.7 Å². The van der Waals surface area contributed by atoms with Gasteiger partial charge in [0.1, 0.15) is 5.82 Å². The minimum absolute atomic E-state index is 0.0455. The number of aromatic nitrogens is 2. The first kappa shape index (κ1) is 11.8. The Hall–Kier alpha value is -1.29. The van der Waals surface area contributed by atoms with Crippen LogP contribution in [0, 0.1) is 0 Å². The zero-order chi connectivity index (χ0) is 11.6. The summed E-state index contributed by atoms with van der Waals surface area (Å²) in [7, 11) is 0. The molecule has 0 aliphatic heterocycles. The van der Waals surface area contributed by atoms with Gasteiger partial charge in [0.25, 0.3) is 0 Å². The van der Waals surface area contributed by atoms with Gasteiger partial charge in [0, 0.05) is 18.2 Å². The lowest BCUT2D eigenvalue weighted by atomic mass is 9.95. The molecule has 0 atom stereocenters. The van der Waals surface area contributed by atoms with E-state index < -0.39 is 0 Å². The lowest BCUT2D eigenvalue weighted by Gasteiger charge is -2.17. The van der Waals surface area contributed by atoms with E-state index in [2.05, 4.69) is 9.97 Å². The molecule has 82 valence electrons. The largest absolute Gasteiger partial charge is 0.325 e. The Bertz CT molecular complexity index is 380. The zero-order valence-electron chi connectivity index (χ0n) is 9.66. The van der Waals surface area contributed by atoms with Crippen LogP contribution < -0.4 is 5.73 Å². The first-order chi connectivity index (χ1) is 6.86. The van der Waals surface area contributed by atoms with Crippen molar-refractivity contribution < 1.29 is 4.79 Å². The molecule has 0 aromatic carbocycles. The Morgan fingerprint density at radius 2 is 2.07 bits per heavy atom. The van der Waals surface area contributed by atoms with Gasteiger partial charge in [-0.2, -0.15) is 0 Å². The molecule has 0 fully saturated rings. The molecule has 0 bridgehead atoms. The molecule has 0 aliphatic rings. The summed E-state index contributed by atoms with van der Waals surface area (Å²) in [5, 5.41) is 0. The van der Waals surface area contributed by atoms with E-state index in [1.54, 1.807) is 6.20 Å². The van der Waals surface area contributed by atoms with Crippen LogP contribution in [-0.2, 0) is 12.0 Å². The van der Waals surface area contributed by atoms with Crippen LogP contribution in [0.4, 0.5) is 0 Å². The molecule has 0 amide bonds. The molecule has 1 aromatic heterocycles. The topological polar surface area (TPSA) is 68.9 Å². The highest BCUT2D eigenvalue weighted by Gasteiger charge is 2.19. The van der Waals surface area contributed by atoms with Crippen molar-refractivity contribution in [2.24, 2.45) is 5.73 Å². The summed E-state index contributed by atoms with van der Waals surface area (Å²) >= 11 is 0. The first-order valence-corrected chi connectivity index (χ1v) is 4.93. The van der Waals surface area contributed by atoms with Crippen LogP contribution in [0.2, 0.25) is 0 Å². The molecular formula is C11H17N3O. The van der Waals surface area contributed by atoms with Crippen LogP contribution in [0.1, 0.15) is 49.6 Å². The van der Waals surface area contributed by atoms with Gasteiger partial charge >= 0.3 is 0 Å². The molecule has 1 heterocycles. The molecule has 2 N–H and O–H groups in total. The fourth-order valence-electron chi connectivity index (χ4n) is 1.23. The summed E-state index contributed by atoms with van der Waals surface area (Å²) in [6, 6.07) is 0. The van der Waals surface area contributed by atoms with Crippen molar-refractivity contribution >= 4 is 5.78 Å². The average Bonchev–Trinajstić information content (AvgIpc) is 2.15. The van der Waals surface area contributed by atoms with E-state index in [1.807, 2.05) is 20.8 Å². The molecule has 0 saturated carbocycles. The van der Waals surface area contributed by atoms with Gasteiger partial charge in [0.2, 0.25) is 0 Å². The minimum atomic E-state index is -0.126. The Kier molecular flexibility index (Phi) is 3.19. The maximum atomic E-state index is 11.3. The predicted molar refractivity (Wildman–Crippen MR) is 58.6 cm³/mol. The number of rotatable bonds is 2. The molecule has 4 heteroatoms. The van der Waals surface area contributed by atoms with Crippen molar-refractivity contribution in [3.63, 3.8) is 0 Å². The molecule has 0 radical (unpaired) electrons. The lowest BCUT2D eigenvalue weighted by molar-refractivity contribution is 0.101. The third-order valence-corrected chi connectivity index (χ3v) is 2.11. The van der Waals surface area contributed by atoms with E-state index in [0.717, 1.165) is 0 Å². The number of nitrogens with two attached hydrogens (primary N) is 1. The standard InChI is InChI=1S/C11H17N3O/c1-7(15)8-6-13-10(11(2,3)4)14-9(8)5-12/h6H,5,12H2,1-4H3. The zero-order valence-corrected chi connectivity index (χ0v) is 9.66. The van der Waals surface area contributed by atoms with Gasteiger partial charge in [-0.25, -0.2) is 9.97 Å². The Balaban J connectivity index is 3.25. The fourth-order valence-corrected chi connectivity index (χ4v) is 1.23. The molecule has 0 spiro atoms. The van der Waals surface area contributed by atoms with Crippen molar-refractivity contribution in [3.05, 3.63) is 23.3 Å². The monoisotopic (exact) mass is 207 g/mol. The molecule has 15 heavy (non-hydrogen) atoms. The molecular weight excluding hydrogens is 190 g/mol. The maximum absolute atomic E-state index is 11.3. The average molecular weight is 207 g/mol. The normalized spacial score (nSPS) is 11.5. The Morgan fingerprint density at radius 1 is 1.47 bits per heavy atom. The molecule has 4 nitrogen and oxygen atoms in total. The SMILES string of the molecule is CC(=O)c1cnc(C(C)(C)C)nc1CN. The smallest absolute Gasteiger partial charge is 0.163 e. The van der Waals surface area contributed by atoms with Crippen LogP contribution in [0.25, 0.3) is 0 Å². The lowest BCUT2D eigenvalue weighted by Crippen LogP contribution is -2.19. The van der Waals surface area contributed by atoms with Crippen molar-refractivity contribution in [1.82, 2.24) is 9.97 Å². The highest BCUT2D eigenvalue weighted by molar-refractivity contribution is 5.94. The number of Topliss-reactive ketones (excluding diaryl/α,β-unsaturated/α-hetero) is 1. The fraction of sp³-hybridized carbons (Fsp3) is 0.545. The van der Waals surface area contributed by atoms with Gasteiger partial charge in [0.15, 0.2) is 5.78 Å². The molecule has 0 aliphatic carbocycles. The summed E-state index contributed by atoms with van der Waals surface area (Å²) in [6.07, 6.45) is 1.57. The maximum Gasteiger partial charge on any atom is 0.163 e. The van der Waals surface area contributed by atoms with Crippen LogP contribution in [0.15, 0.2) is 6.20 Å². The van der Waals surface area contributed by atoms with Crippen molar-refractivity contribution in [3.8, 4) is 0 Å². The number of nitrogens with zero attached hydrogens (tertiary/aromatic N) is 2. The number of carbonyl (C=O) groups is 1. The second kappa shape index (κ2) is 4.06. The van der Waals surface area contributed by atoms with E-state index in [-0.39, 0.29) is 17.7 Å². The van der Waals surface area contributed by atoms with Crippen LogP contribution >= 0.6 is 0 Å². The van der Waals surface area contributed by atoms with E-state index in [0.29, 0.717) is 17.1 Å². The second-order valence-electron chi connectivity index (χ2n) is 4.56. The van der Waals surface area contributed by atoms with E-state index in [9.17, 15) is 4.79 Å². The number of ketones is 1. The summed E-state index contributed by atoms with van der Waals surface area (Å²) in [4.78, 5) is 19.8. The summed E-state index contributed by atoms with van der Waals surface area (Å²) in [6.45, 7) is 7.83. The van der Waals surface area contributed by atoms with Gasteiger partial charge in [0.05, 0.1) is 11.3 Å². The Labute approximate surface area is 89.9 Å². The van der Waals surface area contributed by atoms with Crippen molar-refractivity contribution in [1.29, 1.82) is 0 Å². The van der Waals surface area contributed by atoms with Crippen molar-refractivity contribution in [2.75, 3.05) is 0 Å². The third-order valence-electron chi connectivity index (χ3n) is 2.11. The van der Waals surface area contributed by atoms with Crippen LogP contribution in [-0.4, -0.2) is 15.8 Å². The predicted octanol–water partition coefficient (Wildman–Crippen LogP) is 1.44. The molecule has 0 saturated heterocycles.